The van der Waals surface area contributed by atoms with Crippen LogP contribution in [0.5, 0.6) is 0 Å². The highest BCUT2D eigenvalue weighted by Gasteiger charge is 2.52. The van der Waals surface area contributed by atoms with Crippen molar-refractivity contribution in [2.75, 3.05) is 0 Å². The number of benzene rings is 8. The van der Waals surface area contributed by atoms with Gasteiger partial charge in [-0.25, -0.2) is 0 Å². The Hall–Kier alpha value is -7.86. The van der Waals surface area contributed by atoms with Gasteiger partial charge in [0.2, 0.25) is 5.69 Å². The van der Waals surface area contributed by atoms with Crippen LogP contribution in [0.3, 0.4) is 0 Å². The molecule has 2 unspecified atom stereocenters. The number of fused-ring (bicyclic) bond motifs is 17. The number of hydrogen-bond donors (Lipinski definition) is 0. The molecule has 5 heteroatoms. The Morgan fingerprint density at radius 3 is 1.96 bits per heavy atom. The van der Waals surface area contributed by atoms with E-state index in [-0.39, 0.29) is 12.0 Å². The lowest BCUT2D eigenvalue weighted by Gasteiger charge is -2.28. The van der Waals surface area contributed by atoms with E-state index in [9.17, 15) is 0 Å². The fourth-order valence-electron chi connectivity index (χ4n) is 12.1. The van der Waals surface area contributed by atoms with Crippen LogP contribution in [0.1, 0.15) is 29.5 Å². The van der Waals surface area contributed by atoms with Crippen LogP contribution >= 0.6 is 0 Å². The van der Waals surface area contributed by atoms with Gasteiger partial charge in [0.15, 0.2) is 28.9 Å². The second-order valence-electron chi connectivity index (χ2n) is 20.0. The SMILES string of the molecule is C[Si](C)(C)c1ccc2[n+](c1)C1CC3=C(Cc4ccc5c(oc6ccccc65)c4-c4n(-c5c(-c6ccccc6)cc(-c6ccccc6)cc5-c5ccccc5)c5ccccc5[n+]43)C1c1ccccc1-2. The van der Waals surface area contributed by atoms with Crippen LogP contribution in [-0.4, -0.2) is 12.6 Å². The van der Waals surface area contributed by atoms with Gasteiger partial charge in [-0.3, -0.25) is 0 Å². The predicted molar refractivity (Wildman–Crippen MR) is 281 cm³/mol. The Bertz CT molecular complexity index is 3830. The zero-order valence-corrected chi connectivity index (χ0v) is 39.4. The molecule has 0 saturated carbocycles. The molecule has 324 valence electrons. The van der Waals surface area contributed by atoms with Crippen LogP contribution in [0.25, 0.3) is 100 Å². The molecule has 5 heterocycles. The highest BCUT2D eigenvalue weighted by Crippen LogP contribution is 2.55. The Morgan fingerprint density at radius 2 is 1.22 bits per heavy atom. The fraction of sp³-hybridized carbons (Fsp3) is 0.111. The molecule has 0 N–H and O–H groups in total. The molecule has 4 nitrogen and oxygen atoms in total. The molecule has 0 spiro atoms. The number of allylic oxidation sites excluding steroid dienone is 2. The van der Waals surface area contributed by atoms with Crippen molar-refractivity contribution in [1.29, 1.82) is 0 Å². The summed E-state index contributed by atoms with van der Waals surface area (Å²) in [6, 6.07) is 74.5. The largest absolute Gasteiger partial charge is 0.455 e. The minimum atomic E-state index is -1.64. The van der Waals surface area contributed by atoms with Crippen molar-refractivity contribution in [1.82, 2.24) is 4.57 Å². The van der Waals surface area contributed by atoms with E-state index in [1.165, 1.54) is 77.7 Å². The average Bonchev–Trinajstić information content (AvgIpc) is 4.03. The number of hydrogen-bond acceptors (Lipinski definition) is 1. The molecule has 0 fully saturated rings. The lowest BCUT2D eigenvalue weighted by atomic mass is 9.79. The number of furan rings is 1. The van der Waals surface area contributed by atoms with E-state index >= 15 is 0 Å². The van der Waals surface area contributed by atoms with Crippen LogP contribution < -0.4 is 14.3 Å². The van der Waals surface area contributed by atoms with Crippen LogP contribution in [0.4, 0.5) is 0 Å². The van der Waals surface area contributed by atoms with E-state index in [1.54, 1.807) is 0 Å². The lowest BCUT2D eigenvalue weighted by molar-refractivity contribution is -0.715. The molecule has 0 bridgehead atoms. The van der Waals surface area contributed by atoms with Gasteiger partial charge in [0.05, 0.1) is 26.0 Å². The summed E-state index contributed by atoms with van der Waals surface area (Å²) < 4.78 is 15.2. The van der Waals surface area contributed by atoms with Crippen molar-refractivity contribution >= 4 is 51.9 Å². The quantitative estimate of drug-likeness (QED) is 0.125. The third kappa shape index (κ3) is 5.78. The highest BCUT2D eigenvalue weighted by molar-refractivity contribution is 6.88. The smallest absolute Gasteiger partial charge is 0.304 e. The van der Waals surface area contributed by atoms with Crippen LogP contribution in [-0.2, 0) is 6.42 Å². The van der Waals surface area contributed by atoms with Gasteiger partial charge in [-0.15, -0.1) is 0 Å². The first-order valence-electron chi connectivity index (χ1n) is 24.1. The molecule has 1 aliphatic carbocycles. The summed E-state index contributed by atoms with van der Waals surface area (Å²) in [6.45, 7) is 7.41. The summed E-state index contributed by atoms with van der Waals surface area (Å²) in [6.07, 6.45) is 4.25. The van der Waals surface area contributed by atoms with Gasteiger partial charge in [-0.05, 0) is 81.8 Å². The number of pyridine rings is 1. The molecule has 3 aliphatic rings. The van der Waals surface area contributed by atoms with Gasteiger partial charge in [0.1, 0.15) is 22.5 Å². The standard InChI is InChI=1S/C63H49N3OSi/c1-68(2,3)45-32-34-53-46-25-13-14-27-48(46)60-52-35-43-31-33-49-47-26-15-18-30-58(47)67-62(49)59(43)63-65(56(52)38-57(60)64(53)39-45)54-28-16-17-29-55(54)66(63)61-50(41-21-9-5-10-22-41)36-44(40-19-7-4-8-20-40)37-51(61)42-23-11-6-12-24-42/h4-34,36-37,39,57,60H,35,38H2,1-3H3/q+2. The maximum absolute atomic E-state index is 7.19. The van der Waals surface area contributed by atoms with Crippen molar-refractivity contribution in [2.45, 2.75) is 44.4 Å². The summed E-state index contributed by atoms with van der Waals surface area (Å²) in [4.78, 5) is 0. The molecule has 2 atom stereocenters. The molecule has 14 rings (SSSR count). The van der Waals surface area contributed by atoms with E-state index in [0.29, 0.717) is 0 Å². The summed E-state index contributed by atoms with van der Waals surface area (Å²) in [5, 5.41) is 3.77. The van der Waals surface area contributed by atoms with E-state index in [0.717, 1.165) is 57.4 Å². The van der Waals surface area contributed by atoms with Gasteiger partial charge in [-0.1, -0.05) is 177 Å². The zero-order valence-electron chi connectivity index (χ0n) is 38.4. The second-order valence-corrected chi connectivity index (χ2v) is 25.1. The Labute approximate surface area is 397 Å². The van der Waals surface area contributed by atoms with Crippen LogP contribution in [0.2, 0.25) is 19.6 Å². The van der Waals surface area contributed by atoms with Gasteiger partial charge < -0.3 is 4.42 Å². The lowest BCUT2D eigenvalue weighted by Crippen LogP contribution is -2.52. The minimum Gasteiger partial charge on any atom is -0.455 e. The monoisotopic (exact) mass is 891 g/mol. The van der Waals surface area contributed by atoms with Gasteiger partial charge in [0, 0.05) is 33.2 Å². The van der Waals surface area contributed by atoms with Crippen molar-refractivity contribution in [3.05, 3.63) is 223 Å². The van der Waals surface area contributed by atoms with Crippen molar-refractivity contribution in [2.24, 2.45) is 0 Å². The number of imidazole rings is 1. The average molecular weight is 892 g/mol. The molecule has 0 amide bonds. The molecule has 68 heavy (non-hydrogen) atoms. The first-order valence-corrected chi connectivity index (χ1v) is 27.6. The van der Waals surface area contributed by atoms with E-state index in [1.807, 2.05) is 0 Å². The maximum atomic E-state index is 7.19. The summed E-state index contributed by atoms with van der Waals surface area (Å²) in [7, 11) is -1.64. The van der Waals surface area contributed by atoms with E-state index in [2.05, 4.69) is 240 Å². The molecule has 2 aliphatic heterocycles. The third-order valence-electron chi connectivity index (χ3n) is 15.2. The Morgan fingerprint density at radius 1 is 0.574 bits per heavy atom. The second kappa shape index (κ2) is 14.8. The topological polar surface area (TPSA) is 25.8 Å². The van der Waals surface area contributed by atoms with Crippen molar-refractivity contribution < 1.29 is 13.6 Å². The highest BCUT2D eigenvalue weighted by atomic mass is 28.3. The summed E-state index contributed by atoms with van der Waals surface area (Å²) >= 11 is 0. The third-order valence-corrected chi connectivity index (χ3v) is 17.2. The first kappa shape index (κ1) is 39.3. The van der Waals surface area contributed by atoms with Crippen LogP contribution in [0, 0.1) is 0 Å². The number of rotatable bonds is 5. The Balaban J connectivity index is 1.15. The van der Waals surface area contributed by atoms with Gasteiger partial charge in [-0.2, -0.15) is 13.7 Å². The number of aromatic nitrogens is 3. The minimum absolute atomic E-state index is 0.195. The van der Waals surface area contributed by atoms with Gasteiger partial charge >= 0.3 is 5.82 Å². The molecule has 0 saturated heterocycles. The maximum Gasteiger partial charge on any atom is 0.304 e. The number of para-hydroxylation sites is 3. The zero-order chi connectivity index (χ0) is 45.3. The molecule has 0 radical (unpaired) electrons. The molecule has 3 aromatic heterocycles. The Kier molecular flexibility index (Phi) is 8.57. The van der Waals surface area contributed by atoms with Crippen molar-refractivity contribution in [3.8, 4) is 61.7 Å². The number of nitrogens with zero attached hydrogens (tertiary/aromatic N) is 3. The molecule has 11 aromatic rings. The van der Waals surface area contributed by atoms with Gasteiger partial charge in [0.25, 0.3) is 0 Å². The first-order chi connectivity index (χ1) is 33.4. The molecule has 8 aromatic carbocycles. The summed E-state index contributed by atoms with van der Waals surface area (Å²) in [5.41, 5.74) is 21.8. The normalized spacial score (nSPS) is 16.0. The fourth-order valence-corrected chi connectivity index (χ4v) is 13.2. The van der Waals surface area contributed by atoms with Crippen molar-refractivity contribution in [3.63, 3.8) is 0 Å². The molecular weight excluding hydrogens is 843 g/mol. The molecular formula is C63H49N3OSi+2. The van der Waals surface area contributed by atoms with E-state index < -0.39 is 8.07 Å². The predicted octanol–water partition coefficient (Wildman–Crippen LogP) is 14.5. The summed E-state index contributed by atoms with van der Waals surface area (Å²) in [5.74, 6) is 1.32. The van der Waals surface area contributed by atoms with Crippen LogP contribution in [0.15, 0.2) is 216 Å². The van der Waals surface area contributed by atoms with E-state index in [4.69, 9.17) is 4.42 Å².